The maximum Gasteiger partial charge on any atom is 0.339 e. The molecule has 0 unspecified atom stereocenters. The van der Waals surface area contributed by atoms with Crippen LogP contribution in [0.25, 0.3) is 22.0 Å². The van der Waals surface area contributed by atoms with E-state index in [1.54, 1.807) is 0 Å². The Hall–Kier alpha value is -3.73. The minimum atomic E-state index is -4.98. The maximum absolute atomic E-state index is 13.9. The van der Waals surface area contributed by atoms with E-state index >= 15 is 0 Å². The Balaban J connectivity index is 1.82. The van der Waals surface area contributed by atoms with Gasteiger partial charge in [0.05, 0.1) is 12.8 Å². The highest BCUT2D eigenvalue weighted by atomic mass is 32.2. The number of hydrogen-bond acceptors (Lipinski definition) is 5. The van der Waals surface area contributed by atoms with Gasteiger partial charge >= 0.3 is 10.1 Å². The van der Waals surface area contributed by atoms with Gasteiger partial charge in [-0.05, 0) is 60.7 Å². The Morgan fingerprint density at radius 3 is 2.03 bits per heavy atom. The molecule has 1 heterocycles. The molecule has 0 saturated heterocycles. The van der Waals surface area contributed by atoms with Gasteiger partial charge < -0.3 is 8.92 Å². The van der Waals surface area contributed by atoms with Gasteiger partial charge in [0.15, 0.2) is 0 Å². The molecular weight excluding hydrogens is 493 g/mol. The van der Waals surface area contributed by atoms with E-state index in [4.69, 9.17) is 4.74 Å². The zero-order valence-electron chi connectivity index (χ0n) is 18.4. The summed E-state index contributed by atoms with van der Waals surface area (Å²) >= 11 is 0. The first kappa shape index (κ1) is 24.4. The van der Waals surface area contributed by atoms with Crippen LogP contribution >= 0.6 is 0 Å². The molecule has 11 heteroatoms. The highest BCUT2D eigenvalue weighted by Crippen LogP contribution is 2.37. The van der Waals surface area contributed by atoms with Gasteiger partial charge in [0, 0.05) is 17.1 Å². The van der Waals surface area contributed by atoms with Crippen molar-refractivity contribution in [2.75, 3.05) is 7.11 Å². The van der Waals surface area contributed by atoms with Crippen LogP contribution < -0.4 is 8.92 Å². The monoisotopic (exact) mass is 509 g/mol. The Morgan fingerprint density at radius 2 is 1.40 bits per heavy atom. The molecule has 0 spiro atoms. The first-order chi connectivity index (χ1) is 16.5. The number of fused-ring (bicyclic) bond motifs is 1. The molecular formula is C24H16F5NO4S. The van der Waals surface area contributed by atoms with Gasteiger partial charge in [-0.2, -0.15) is 17.2 Å². The van der Waals surface area contributed by atoms with Gasteiger partial charge in [0.1, 0.15) is 10.6 Å². The molecule has 35 heavy (non-hydrogen) atoms. The Kier molecular flexibility index (Phi) is 6.14. The van der Waals surface area contributed by atoms with Gasteiger partial charge in [0.25, 0.3) is 0 Å². The number of aromatic nitrogens is 1. The third-order valence-corrected chi connectivity index (χ3v) is 6.68. The first-order valence-electron chi connectivity index (χ1n) is 9.96. The first-order valence-corrected chi connectivity index (χ1v) is 11.4. The smallest absolute Gasteiger partial charge is 0.339 e. The van der Waals surface area contributed by atoms with Crippen LogP contribution in [0.2, 0.25) is 0 Å². The van der Waals surface area contributed by atoms with Gasteiger partial charge in [-0.25, -0.2) is 13.2 Å². The van der Waals surface area contributed by atoms with Crippen LogP contribution in [0.3, 0.4) is 0 Å². The van der Waals surface area contributed by atoms with Crippen molar-refractivity contribution in [1.82, 2.24) is 4.98 Å². The van der Waals surface area contributed by atoms with E-state index in [-0.39, 0.29) is 0 Å². The molecule has 0 aliphatic rings. The molecule has 182 valence electrons. The second kappa shape index (κ2) is 8.81. The number of rotatable bonds is 5. The number of benzene rings is 3. The lowest BCUT2D eigenvalue weighted by Gasteiger charge is -2.14. The molecule has 0 fully saturated rings. The predicted octanol–water partition coefficient (Wildman–Crippen LogP) is 5.99. The number of nitrogens with zero attached hydrogens (tertiary/aromatic N) is 1. The number of ether oxygens (including phenoxy) is 1. The Morgan fingerprint density at radius 1 is 0.800 bits per heavy atom. The number of pyridine rings is 1. The van der Waals surface area contributed by atoms with Crippen molar-refractivity contribution >= 4 is 20.9 Å². The highest BCUT2D eigenvalue weighted by Gasteiger charge is 2.31. The second-order valence-corrected chi connectivity index (χ2v) is 9.16. The van der Waals surface area contributed by atoms with E-state index in [0.29, 0.717) is 27.8 Å². The van der Waals surface area contributed by atoms with Crippen molar-refractivity contribution in [3.63, 3.8) is 0 Å². The average Bonchev–Trinajstić information content (AvgIpc) is 2.84. The van der Waals surface area contributed by atoms with Crippen molar-refractivity contribution in [3.8, 4) is 22.8 Å². The third kappa shape index (κ3) is 4.16. The number of hydrogen-bond donors (Lipinski definition) is 0. The molecule has 0 saturated carbocycles. The summed E-state index contributed by atoms with van der Waals surface area (Å²) in [5, 5.41) is 0.876. The zero-order valence-corrected chi connectivity index (χ0v) is 19.2. The predicted molar refractivity (Wildman–Crippen MR) is 117 cm³/mol. The van der Waals surface area contributed by atoms with Crippen LogP contribution in [-0.2, 0) is 10.1 Å². The standard InChI is InChI=1S/C24H16F5NO4S/c1-11-8-16(17(33-3)9-12(11)2)23-15-5-4-14(10-13(15)6-7-30-23)35(31,32)34-24-21(28)19(26)18(25)20(27)22(24)29/h4-10H,1-3H3. The fourth-order valence-corrected chi connectivity index (χ4v) is 4.45. The summed E-state index contributed by atoms with van der Waals surface area (Å²) in [4.78, 5) is 3.82. The van der Waals surface area contributed by atoms with Gasteiger partial charge in [-0.1, -0.05) is 6.07 Å². The van der Waals surface area contributed by atoms with Crippen LogP contribution in [0.15, 0.2) is 47.5 Å². The molecule has 0 N–H and O–H groups in total. The molecule has 0 aliphatic heterocycles. The van der Waals surface area contributed by atoms with Gasteiger partial charge in [-0.15, -0.1) is 0 Å². The summed E-state index contributed by atoms with van der Waals surface area (Å²) in [5.74, 6) is -13.3. The molecule has 0 bridgehead atoms. The van der Waals surface area contributed by atoms with E-state index in [1.165, 1.54) is 25.4 Å². The van der Waals surface area contributed by atoms with Crippen molar-refractivity contribution < 1.29 is 39.3 Å². The molecule has 1 aromatic heterocycles. The Bertz CT molecular complexity index is 1580. The number of aryl methyl sites for hydroxylation is 2. The molecule has 4 aromatic rings. The third-order valence-electron chi connectivity index (χ3n) is 5.46. The molecule has 0 aliphatic carbocycles. The van der Waals surface area contributed by atoms with Crippen molar-refractivity contribution in [2.45, 2.75) is 18.7 Å². The summed E-state index contributed by atoms with van der Waals surface area (Å²) in [7, 11) is -3.48. The molecule has 3 aromatic carbocycles. The largest absolute Gasteiger partial charge is 0.496 e. The molecule has 0 amide bonds. The number of methoxy groups -OCH3 is 1. The molecule has 5 nitrogen and oxygen atoms in total. The molecule has 0 atom stereocenters. The zero-order chi connectivity index (χ0) is 25.7. The molecule has 4 rings (SSSR count). The quantitative estimate of drug-likeness (QED) is 0.143. The summed E-state index contributed by atoms with van der Waals surface area (Å²) in [6.45, 7) is 3.82. The minimum absolute atomic E-state index is 0.359. The SMILES string of the molecule is COc1cc(C)c(C)cc1-c1nccc2cc(S(=O)(=O)Oc3c(F)c(F)c(F)c(F)c3F)ccc12. The second-order valence-electron chi connectivity index (χ2n) is 7.62. The fraction of sp³-hybridized carbons (Fsp3) is 0.125. The summed E-state index contributed by atoms with van der Waals surface area (Å²) in [5.41, 5.74) is 3.08. The Labute approximate surface area is 196 Å². The van der Waals surface area contributed by atoms with Crippen LogP contribution in [0.5, 0.6) is 11.5 Å². The van der Waals surface area contributed by atoms with Gasteiger partial charge in [-0.3, -0.25) is 4.98 Å². The lowest BCUT2D eigenvalue weighted by Crippen LogP contribution is -2.14. The van der Waals surface area contributed by atoms with Crippen LogP contribution in [0.4, 0.5) is 22.0 Å². The summed E-state index contributed by atoms with van der Waals surface area (Å²) in [6.07, 6.45) is 1.42. The lowest BCUT2D eigenvalue weighted by atomic mass is 9.99. The van der Waals surface area contributed by atoms with E-state index in [0.717, 1.165) is 23.3 Å². The highest BCUT2D eigenvalue weighted by molar-refractivity contribution is 7.87. The van der Waals surface area contributed by atoms with Crippen molar-refractivity contribution in [1.29, 1.82) is 0 Å². The summed E-state index contributed by atoms with van der Waals surface area (Å²) in [6, 6.07) is 8.79. The van der Waals surface area contributed by atoms with Gasteiger partial charge in [0.2, 0.25) is 34.8 Å². The van der Waals surface area contributed by atoms with E-state index in [9.17, 15) is 30.4 Å². The minimum Gasteiger partial charge on any atom is -0.496 e. The van der Waals surface area contributed by atoms with Crippen molar-refractivity contribution in [2.24, 2.45) is 0 Å². The van der Waals surface area contributed by atoms with Crippen molar-refractivity contribution in [3.05, 3.63) is 82.8 Å². The van der Waals surface area contributed by atoms with E-state index in [2.05, 4.69) is 9.17 Å². The average molecular weight is 509 g/mol. The molecule has 0 radical (unpaired) electrons. The topological polar surface area (TPSA) is 65.5 Å². The van der Waals surface area contributed by atoms with Crippen LogP contribution in [-0.4, -0.2) is 20.5 Å². The fourth-order valence-electron chi connectivity index (χ4n) is 3.49. The van der Waals surface area contributed by atoms with E-state index < -0.39 is 49.8 Å². The maximum atomic E-state index is 13.9. The summed E-state index contributed by atoms with van der Waals surface area (Å²) < 4.78 is 103. The number of halogens is 5. The van der Waals surface area contributed by atoms with E-state index in [1.807, 2.05) is 26.0 Å². The normalized spacial score (nSPS) is 11.7. The van der Waals surface area contributed by atoms with Crippen LogP contribution in [0, 0.1) is 42.9 Å². The van der Waals surface area contributed by atoms with Crippen LogP contribution in [0.1, 0.15) is 11.1 Å². The lowest BCUT2D eigenvalue weighted by molar-refractivity contribution is 0.346.